The zero-order chi connectivity index (χ0) is 103. The number of hydrogen-bond donors (Lipinski definition) is 6. The second kappa shape index (κ2) is 41.5. The molecule has 0 radical (unpaired) electrons. The number of fused-ring (bicyclic) bond motifs is 7. The standard InChI is InChI=1S/C20H19N5O2S.C19H17N5O2S.C18H12N4O2S.C16H10FN3O2S.C16H12N4O3S.C15H10N4O2S/c26-19-11-20(28(27)23-19)25-17-6-4-14(10-16(17)13-22-25)15-5-7-18(21-12-15)24-8-2-1-3-9-24;25-18-10-19(27(26)22-18)24-16-5-3-13(9-15(16)12-21-24)14-4-6-17(20-11-14)23-7-1-2-8-23;23-17-8-18(25(24)21-17)22-16-5-4-11(6-14(16)10-20-22)13-7-12-2-1-3-15(12)19-9-13;17-13-4-1-10(2-5-13)11-3-6-14-12(7-11)9-18-20(14)16-8-15(21)19-23(16)22;1-23-15-5-3-11(8-17-15)10-2-4-13-12(6-10)9-18-20(13)16-7-14(21)19-24(16)22;20-14-8-15(22(21)18-14)19-13-5-4-10(7-11(13)9-17-19)12-3-1-2-6-16-12/h4-7,10-13H,1-3,8-9H2,(H,23,26);3-6,9-12H,1-2,7-8H2,(H,22,25);1,3-10H,2H2,(H,21,23);1-9H,(H,19,21);2-9H,1H3,(H,19,21);1-9H,(H,18,20)/i;;;;;6D. The zero-order valence-electron chi connectivity index (χ0n) is 79.1. The van der Waals surface area contributed by atoms with Crippen molar-refractivity contribution in [1.29, 1.82) is 0 Å². The number of ether oxygens (including phenoxy) is 1. The van der Waals surface area contributed by atoms with Crippen LogP contribution in [0.2, 0.25) is 0 Å². The molecule has 6 atom stereocenters. The van der Waals surface area contributed by atoms with Crippen LogP contribution >= 0.6 is 0 Å². The molecule has 6 unspecified atom stereocenters. The molecular weight excluding hydrogens is 2020 g/mol. The highest BCUT2D eigenvalue weighted by Gasteiger charge is 2.31. The molecule has 742 valence electrons. The zero-order valence-corrected chi connectivity index (χ0v) is 83.0. The van der Waals surface area contributed by atoms with Crippen molar-refractivity contribution in [2.24, 2.45) is 0 Å². The Morgan fingerprint density at radius 1 is 0.309 bits per heavy atom. The fourth-order valence-corrected chi connectivity index (χ4v) is 23.0. The van der Waals surface area contributed by atoms with Crippen LogP contribution < -0.4 is 42.9 Å². The van der Waals surface area contributed by atoms with Crippen molar-refractivity contribution in [1.82, 2.24) is 112 Å². The number of hydrogen-bond acceptors (Lipinski definition) is 26. The molecule has 0 spiro atoms. The highest BCUT2D eigenvalue weighted by Crippen LogP contribution is 2.37. The SMILES string of the molecule is COc1ccc(-c2ccc3c(cnn3C3=CC(=O)NS3=O)c2)cn1.O=C1C=C(n2ncc3cc(-c4ccc(F)cc4)ccc32)S(=O)N1.O=C1C=C(n2ncc3cc(-c4ccc(N5CCCC5)nc4)ccc32)S(=O)N1.O=C1C=C(n2ncc3cc(-c4ccc(N5CCCCC5)nc4)ccc32)S(=O)N1.O=C1C=C(n2ncc3cc(-c4cnc5c(c4)CC=C5)ccc32)S(=O)N1.[2H]c1cccc(-c2ccc3c(cnn3C3=CC(=O)NS3=O)c2)n1. The molecule has 18 aromatic rings. The lowest BCUT2D eigenvalue weighted by Gasteiger charge is -2.27. The number of rotatable bonds is 15. The summed E-state index contributed by atoms with van der Waals surface area (Å²) < 4.78 is 120. The Morgan fingerprint density at radius 3 is 0.926 bits per heavy atom. The Bertz CT molecular complexity index is 9030. The number of piperidine rings is 1. The van der Waals surface area contributed by atoms with E-state index in [4.69, 9.17) is 6.11 Å². The van der Waals surface area contributed by atoms with Crippen molar-refractivity contribution in [2.75, 3.05) is 43.1 Å². The second-order valence-electron chi connectivity index (χ2n) is 34.5. The molecular formula is C104H80FN25O13S6. The van der Waals surface area contributed by atoms with Gasteiger partial charge in [0, 0.05) is 160 Å². The highest BCUT2D eigenvalue weighted by atomic mass is 32.2. The van der Waals surface area contributed by atoms with Gasteiger partial charge in [0.2, 0.25) is 5.88 Å². The van der Waals surface area contributed by atoms with E-state index in [1.807, 2.05) is 146 Å². The van der Waals surface area contributed by atoms with Crippen LogP contribution in [-0.4, -0.2) is 178 Å². The molecule has 149 heavy (non-hydrogen) atoms. The number of halogens is 1. The third-order valence-electron chi connectivity index (χ3n) is 25.1. The van der Waals surface area contributed by atoms with Crippen LogP contribution in [0.5, 0.6) is 5.88 Å². The average Bonchev–Trinajstić information content (AvgIpc) is 1.64. The van der Waals surface area contributed by atoms with E-state index in [1.165, 1.54) is 105 Å². The van der Waals surface area contributed by atoms with E-state index < -0.39 is 77.7 Å². The first kappa shape index (κ1) is 94.9. The van der Waals surface area contributed by atoms with E-state index in [0.29, 0.717) is 41.7 Å². The van der Waals surface area contributed by atoms with Gasteiger partial charge >= 0.3 is 0 Å². The summed E-state index contributed by atoms with van der Waals surface area (Å²) in [6.45, 7) is 4.30. The minimum Gasteiger partial charge on any atom is -0.481 e. The van der Waals surface area contributed by atoms with Gasteiger partial charge in [0.25, 0.3) is 35.4 Å². The molecule has 6 N–H and O–H groups in total. The molecule has 38 nitrogen and oxygen atoms in total. The molecule has 7 aromatic carbocycles. The van der Waals surface area contributed by atoms with E-state index in [2.05, 4.69) is 130 Å². The Hall–Kier alpha value is -17.7. The smallest absolute Gasteiger partial charge is 0.258 e. The normalized spacial score (nSPS) is 18.4. The fourth-order valence-electron chi connectivity index (χ4n) is 17.8. The molecule has 27 rings (SSSR count). The summed E-state index contributed by atoms with van der Waals surface area (Å²) in [7, 11) is -7.93. The van der Waals surface area contributed by atoms with Gasteiger partial charge < -0.3 is 14.5 Å². The van der Waals surface area contributed by atoms with Gasteiger partial charge in [0.1, 0.15) is 17.5 Å². The summed E-state index contributed by atoms with van der Waals surface area (Å²) in [4.78, 5) is 95.0. The van der Waals surface area contributed by atoms with Gasteiger partial charge in [-0.15, -0.1) is 0 Å². The minimum absolute atomic E-state index is 0.203. The third kappa shape index (κ3) is 20.2. The lowest BCUT2D eigenvalue weighted by molar-refractivity contribution is -0.115. The fraction of sp³-hybridized carbons (Fsp3) is 0.106. The van der Waals surface area contributed by atoms with Crippen molar-refractivity contribution in [3.05, 3.63) is 322 Å². The van der Waals surface area contributed by atoms with E-state index in [9.17, 15) is 58.4 Å². The summed E-state index contributed by atoms with van der Waals surface area (Å²) in [6.07, 6.45) is 36.8. The van der Waals surface area contributed by atoms with E-state index >= 15 is 0 Å². The summed E-state index contributed by atoms with van der Waals surface area (Å²) in [5.41, 5.74) is 18.5. The number of carbonyl (C=O) groups excluding carboxylic acids is 6. The highest BCUT2D eigenvalue weighted by molar-refractivity contribution is 7.95. The molecule has 11 aromatic heterocycles. The summed E-state index contributed by atoms with van der Waals surface area (Å²) in [6, 6.07) is 60.5. The topological polar surface area (TPSA) is 464 Å². The average molecular weight is 2100 g/mol. The predicted octanol–water partition coefficient (Wildman–Crippen LogP) is 13.1. The number of nitrogens with zero attached hydrogens (tertiary/aromatic N) is 19. The predicted molar refractivity (Wildman–Crippen MR) is 570 cm³/mol. The van der Waals surface area contributed by atoms with Gasteiger partial charge in [-0.3, -0.25) is 67.1 Å². The summed E-state index contributed by atoms with van der Waals surface area (Å²) >= 11 is 0. The number of pyridine rings is 5. The minimum atomic E-state index is -1.60. The van der Waals surface area contributed by atoms with E-state index in [0.717, 1.165) is 177 Å². The van der Waals surface area contributed by atoms with Gasteiger partial charge in [0.05, 0.1) is 90.1 Å². The van der Waals surface area contributed by atoms with Gasteiger partial charge in [-0.1, -0.05) is 60.7 Å². The van der Waals surface area contributed by atoms with Crippen molar-refractivity contribution in [3.8, 4) is 72.8 Å². The number of aromatic nitrogens is 17. The Labute approximate surface area is 861 Å². The molecule has 0 bridgehead atoms. The Kier molecular flexibility index (Phi) is 26.4. The molecule has 2 fully saturated rings. The molecule has 45 heteroatoms. The van der Waals surface area contributed by atoms with Crippen LogP contribution in [0.25, 0.3) is 169 Å². The number of anilines is 2. The maximum atomic E-state index is 13.0. The van der Waals surface area contributed by atoms with Gasteiger partial charge in [0.15, 0.2) is 96.1 Å². The van der Waals surface area contributed by atoms with Crippen LogP contribution in [0, 0.1) is 5.82 Å². The van der Waals surface area contributed by atoms with Crippen LogP contribution in [0.3, 0.4) is 0 Å². The Balaban J connectivity index is 0.000000102. The summed E-state index contributed by atoms with van der Waals surface area (Å²) in [5, 5.41) is 32.9. The van der Waals surface area contributed by atoms with Crippen LogP contribution in [0.15, 0.2) is 305 Å². The van der Waals surface area contributed by atoms with Gasteiger partial charge in [-0.25, -0.2) is 72.7 Å². The number of carbonyl (C=O) groups is 6. The lowest BCUT2D eigenvalue weighted by Crippen LogP contribution is -2.29. The second-order valence-corrected chi connectivity index (χ2v) is 41.4. The first-order valence-electron chi connectivity index (χ1n) is 46.8. The molecule has 9 aliphatic rings. The molecule has 8 aliphatic heterocycles. The molecule has 0 saturated carbocycles. The number of nitrogens with one attached hydrogen (secondary N) is 6. The maximum Gasteiger partial charge on any atom is 0.258 e. The van der Waals surface area contributed by atoms with Gasteiger partial charge in [-0.2, -0.15) is 30.6 Å². The van der Waals surface area contributed by atoms with Crippen molar-refractivity contribution >= 4 is 215 Å². The Morgan fingerprint density at radius 2 is 0.611 bits per heavy atom. The maximum absolute atomic E-state index is 13.0. The van der Waals surface area contributed by atoms with Crippen LogP contribution in [0.1, 0.15) is 44.7 Å². The van der Waals surface area contributed by atoms with Crippen molar-refractivity contribution < 1.29 is 64.5 Å². The van der Waals surface area contributed by atoms with Gasteiger partial charge in [-0.05, 0) is 217 Å². The lowest BCUT2D eigenvalue weighted by atomic mass is 10.0. The number of benzene rings is 7. The largest absolute Gasteiger partial charge is 0.481 e. The monoisotopic (exact) mass is 2100 g/mol. The van der Waals surface area contributed by atoms with E-state index in [1.54, 1.807) is 90.2 Å². The van der Waals surface area contributed by atoms with Crippen LogP contribution in [-0.2, 0) is 101 Å². The first-order chi connectivity index (χ1) is 72.9. The first-order valence-corrected chi connectivity index (χ1v) is 53.2. The number of allylic oxidation sites excluding steroid dienone is 1. The summed E-state index contributed by atoms with van der Waals surface area (Å²) in [5.74, 6) is 0.0552. The molecule has 2 saturated heterocycles. The number of amides is 6. The third-order valence-corrected chi connectivity index (χ3v) is 31.4. The quantitative estimate of drug-likeness (QED) is 0.0555. The van der Waals surface area contributed by atoms with Crippen molar-refractivity contribution in [2.45, 2.75) is 38.5 Å². The molecule has 1 aliphatic carbocycles. The molecule has 19 heterocycles. The van der Waals surface area contributed by atoms with Crippen LogP contribution in [0.4, 0.5) is 16.0 Å². The molecule has 6 amide bonds. The van der Waals surface area contributed by atoms with Crippen molar-refractivity contribution in [3.63, 3.8) is 0 Å². The number of methoxy groups -OCH3 is 1. The van der Waals surface area contributed by atoms with E-state index in [-0.39, 0.29) is 35.6 Å².